The lowest BCUT2D eigenvalue weighted by molar-refractivity contribution is -0.132. The minimum Gasteiger partial charge on any atom is -0.338 e. The van der Waals surface area contributed by atoms with Crippen LogP contribution in [0.1, 0.15) is 21.8 Å². The fourth-order valence-electron chi connectivity index (χ4n) is 2.70. The Balaban J connectivity index is 1.66. The number of rotatable bonds is 3. The van der Waals surface area contributed by atoms with Crippen LogP contribution in [0.3, 0.4) is 0 Å². The molecule has 1 aromatic heterocycles. The van der Waals surface area contributed by atoms with Gasteiger partial charge in [0.05, 0.1) is 23.3 Å². The third kappa shape index (κ3) is 3.14. The van der Waals surface area contributed by atoms with Gasteiger partial charge in [-0.1, -0.05) is 24.3 Å². The highest BCUT2D eigenvalue weighted by atomic mass is 32.1. The van der Waals surface area contributed by atoms with Crippen LogP contribution in [-0.4, -0.2) is 28.9 Å². The smallest absolute Gasteiger partial charge is 0.240 e. The molecule has 0 saturated carbocycles. The molecule has 0 radical (unpaired) electrons. The molecule has 1 aromatic carbocycles. The molecule has 110 valence electrons. The number of amides is 1. The maximum atomic E-state index is 12.6. The monoisotopic (exact) mass is 301 g/mol. The largest absolute Gasteiger partial charge is 0.338 e. The number of likely N-dealkylation sites (N-methyl/N-ethyl adjacent to an activating group) is 1. The van der Waals surface area contributed by atoms with E-state index in [9.17, 15) is 4.79 Å². The van der Waals surface area contributed by atoms with E-state index in [4.69, 9.17) is 0 Å². The minimum absolute atomic E-state index is 0.134. The second kappa shape index (κ2) is 5.95. The van der Waals surface area contributed by atoms with Crippen LogP contribution < -0.4 is 5.32 Å². The number of thiazole rings is 1. The molecule has 1 atom stereocenters. The number of nitrogens with one attached hydrogen (secondary N) is 1. The lowest BCUT2D eigenvalue weighted by Gasteiger charge is -2.28. The Kier molecular flexibility index (Phi) is 4.03. The zero-order chi connectivity index (χ0) is 14.8. The molecule has 1 N–H and O–H groups in total. The number of hydrogen-bond donors (Lipinski definition) is 1. The molecule has 2 aromatic rings. The first-order valence-corrected chi connectivity index (χ1v) is 7.97. The molecule has 0 fully saturated rings. The van der Waals surface area contributed by atoms with Gasteiger partial charge in [-0.3, -0.25) is 4.79 Å². The van der Waals surface area contributed by atoms with Crippen molar-refractivity contribution in [2.24, 2.45) is 0 Å². The van der Waals surface area contributed by atoms with Crippen LogP contribution in [0.25, 0.3) is 0 Å². The van der Waals surface area contributed by atoms with Crippen molar-refractivity contribution in [3.05, 3.63) is 51.5 Å². The molecular formula is C16H19N3OS. The van der Waals surface area contributed by atoms with Crippen molar-refractivity contribution in [2.45, 2.75) is 32.5 Å². The van der Waals surface area contributed by atoms with E-state index in [-0.39, 0.29) is 11.9 Å². The average molecular weight is 301 g/mol. The van der Waals surface area contributed by atoms with Crippen molar-refractivity contribution in [3.8, 4) is 0 Å². The normalized spacial score (nSPS) is 17.3. The Labute approximate surface area is 128 Å². The Morgan fingerprint density at radius 1 is 1.43 bits per heavy atom. The first kappa shape index (κ1) is 14.2. The molecule has 5 heteroatoms. The Morgan fingerprint density at radius 3 is 2.90 bits per heavy atom. The molecule has 3 rings (SSSR count). The second-order valence-corrected chi connectivity index (χ2v) is 6.52. The molecule has 0 bridgehead atoms. The maximum Gasteiger partial charge on any atom is 0.240 e. The summed E-state index contributed by atoms with van der Waals surface area (Å²) >= 11 is 1.62. The van der Waals surface area contributed by atoms with Crippen LogP contribution in [-0.2, 0) is 24.3 Å². The van der Waals surface area contributed by atoms with Gasteiger partial charge >= 0.3 is 0 Å². The maximum absolute atomic E-state index is 12.6. The van der Waals surface area contributed by atoms with Gasteiger partial charge in [-0.15, -0.1) is 11.3 Å². The second-order valence-electron chi connectivity index (χ2n) is 5.46. The third-order valence-corrected chi connectivity index (χ3v) is 4.64. The van der Waals surface area contributed by atoms with Crippen molar-refractivity contribution in [3.63, 3.8) is 0 Å². The van der Waals surface area contributed by atoms with E-state index in [0.717, 1.165) is 23.7 Å². The van der Waals surface area contributed by atoms with Crippen LogP contribution in [0.5, 0.6) is 0 Å². The first-order chi connectivity index (χ1) is 10.1. The summed E-state index contributed by atoms with van der Waals surface area (Å²) in [5, 5.41) is 6.39. The zero-order valence-electron chi connectivity index (χ0n) is 12.3. The number of benzene rings is 1. The van der Waals surface area contributed by atoms with E-state index >= 15 is 0 Å². The first-order valence-electron chi connectivity index (χ1n) is 7.09. The summed E-state index contributed by atoms with van der Waals surface area (Å²) in [5.41, 5.74) is 3.52. The van der Waals surface area contributed by atoms with Crippen molar-refractivity contribution in [1.82, 2.24) is 15.2 Å². The molecule has 0 aliphatic carbocycles. The number of aromatic nitrogens is 1. The van der Waals surface area contributed by atoms with Crippen LogP contribution in [0.15, 0.2) is 29.6 Å². The number of hydrogen-bond acceptors (Lipinski definition) is 4. The molecule has 1 unspecified atom stereocenters. The van der Waals surface area contributed by atoms with Gasteiger partial charge in [-0.2, -0.15) is 0 Å². The quantitative estimate of drug-likeness (QED) is 0.944. The van der Waals surface area contributed by atoms with Gasteiger partial charge in [-0.25, -0.2) is 4.98 Å². The van der Waals surface area contributed by atoms with E-state index in [2.05, 4.69) is 22.4 Å². The summed E-state index contributed by atoms with van der Waals surface area (Å²) in [7, 11) is 1.85. The SMILES string of the molecule is Cc1nc(CN(C)C(=O)C2Cc3ccccc3CN2)cs1. The van der Waals surface area contributed by atoms with E-state index in [1.807, 2.05) is 31.5 Å². The molecule has 1 aliphatic rings. The van der Waals surface area contributed by atoms with Gasteiger partial charge in [0.2, 0.25) is 5.91 Å². The van der Waals surface area contributed by atoms with Crippen LogP contribution in [0, 0.1) is 6.92 Å². The summed E-state index contributed by atoms with van der Waals surface area (Å²) in [5.74, 6) is 0.134. The fourth-order valence-corrected chi connectivity index (χ4v) is 3.30. The van der Waals surface area contributed by atoms with E-state index < -0.39 is 0 Å². The number of fused-ring (bicyclic) bond motifs is 1. The van der Waals surface area contributed by atoms with E-state index in [0.29, 0.717) is 6.54 Å². The topological polar surface area (TPSA) is 45.2 Å². The van der Waals surface area contributed by atoms with Crippen molar-refractivity contribution in [2.75, 3.05) is 7.05 Å². The van der Waals surface area contributed by atoms with Gasteiger partial charge in [0.1, 0.15) is 0 Å². The van der Waals surface area contributed by atoms with Gasteiger partial charge in [0.15, 0.2) is 0 Å². The van der Waals surface area contributed by atoms with Gasteiger partial charge < -0.3 is 10.2 Å². The highest BCUT2D eigenvalue weighted by Gasteiger charge is 2.26. The number of aryl methyl sites for hydroxylation is 1. The fraction of sp³-hybridized carbons (Fsp3) is 0.375. The molecule has 0 spiro atoms. The number of carbonyl (C=O) groups is 1. The summed E-state index contributed by atoms with van der Waals surface area (Å²) in [6.07, 6.45) is 0.759. The van der Waals surface area contributed by atoms with Crippen molar-refractivity contribution < 1.29 is 4.79 Å². The number of carbonyl (C=O) groups excluding carboxylic acids is 1. The van der Waals surface area contributed by atoms with Gasteiger partial charge in [-0.05, 0) is 24.5 Å². The number of nitrogens with zero attached hydrogens (tertiary/aromatic N) is 2. The predicted octanol–water partition coefficient (Wildman–Crippen LogP) is 2.12. The molecule has 21 heavy (non-hydrogen) atoms. The molecule has 2 heterocycles. The zero-order valence-corrected chi connectivity index (χ0v) is 13.1. The van der Waals surface area contributed by atoms with Crippen molar-refractivity contribution in [1.29, 1.82) is 0 Å². The van der Waals surface area contributed by atoms with Gasteiger partial charge in [0.25, 0.3) is 0 Å². The molecular weight excluding hydrogens is 282 g/mol. The molecule has 1 amide bonds. The minimum atomic E-state index is -0.135. The van der Waals surface area contributed by atoms with Crippen molar-refractivity contribution >= 4 is 17.2 Å². The van der Waals surface area contributed by atoms with E-state index in [1.54, 1.807) is 16.2 Å². The highest BCUT2D eigenvalue weighted by Crippen LogP contribution is 2.18. The molecule has 0 saturated heterocycles. The summed E-state index contributed by atoms with van der Waals surface area (Å²) in [6.45, 7) is 3.31. The highest BCUT2D eigenvalue weighted by molar-refractivity contribution is 7.09. The summed E-state index contributed by atoms with van der Waals surface area (Å²) in [4.78, 5) is 18.7. The molecule has 4 nitrogen and oxygen atoms in total. The third-order valence-electron chi connectivity index (χ3n) is 3.82. The Morgan fingerprint density at radius 2 is 2.19 bits per heavy atom. The predicted molar refractivity (Wildman–Crippen MR) is 84.1 cm³/mol. The standard InChI is InChI=1S/C16H19N3OS/c1-11-18-14(10-21-11)9-19(2)16(20)15-7-12-5-3-4-6-13(12)8-17-15/h3-6,10,15,17H,7-9H2,1-2H3. The van der Waals surface area contributed by atoms with Crippen LogP contribution >= 0.6 is 11.3 Å². The molecule has 1 aliphatic heterocycles. The van der Waals surface area contributed by atoms with Crippen LogP contribution in [0.2, 0.25) is 0 Å². The lowest BCUT2D eigenvalue weighted by atomic mass is 9.95. The average Bonchev–Trinajstić information content (AvgIpc) is 2.91. The van der Waals surface area contributed by atoms with Gasteiger partial charge in [0, 0.05) is 19.0 Å². The Hall–Kier alpha value is -1.72. The summed E-state index contributed by atoms with van der Waals surface area (Å²) < 4.78 is 0. The Bertz CT molecular complexity index is 652. The summed E-state index contributed by atoms with van der Waals surface area (Å²) in [6, 6.07) is 8.17. The lowest BCUT2D eigenvalue weighted by Crippen LogP contribution is -2.48. The van der Waals surface area contributed by atoms with E-state index in [1.165, 1.54) is 11.1 Å². The van der Waals surface area contributed by atoms with Crippen LogP contribution in [0.4, 0.5) is 0 Å².